The maximum absolute atomic E-state index is 13.5. The van der Waals surface area contributed by atoms with Crippen molar-refractivity contribution in [2.24, 2.45) is 0 Å². The SMILES string of the molecule is Cc1ccc(C)c(-c2ccc3c(NC(=O)C(c4ccccc4)c4ccccc4)n[nH]c3c2)c1. The molecule has 0 bridgehead atoms. The van der Waals surface area contributed by atoms with Crippen LogP contribution in [-0.2, 0) is 4.79 Å². The van der Waals surface area contributed by atoms with E-state index >= 15 is 0 Å². The lowest BCUT2D eigenvalue weighted by Gasteiger charge is -2.17. The summed E-state index contributed by atoms with van der Waals surface area (Å²) in [6.07, 6.45) is 0. The lowest BCUT2D eigenvalue weighted by molar-refractivity contribution is -0.116. The van der Waals surface area contributed by atoms with Crippen molar-refractivity contribution in [1.82, 2.24) is 10.2 Å². The molecule has 5 aromatic rings. The topological polar surface area (TPSA) is 57.8 Å². The summed E-state index contributed by atoms with van der Waals surface area (Å²) in [5, 5.41) is 11.5. The monoisotopic (exact) mass is 431 g/mol. The fourth-order valence-electron chi connectivity index (χ4n) is 4.30. The number of aryl methyl sites for hydroxylation is 2. The van der Waals surface area contributed by atoms with Gasteiger partial charge in [-0.3, -0.25) is 9.89 Å². The molecule has 5 rings (SSSR count). The van der Waals surface area contributed by atoms with Gasteiger partial charge in [-0.05, 0) is 53.8 Å². The molecule has 4 heteroatoms. The first-order valence-electron chi connectivity index (χ1n) is 11.1. The molecule has 162 valence electrons. The summed E-state index contributed by atoms with van der Waals surface area (Å²) in [7, 11) is 0. The zero-order valence-electron chi connectivity index (χ0n) is 18.7. The number of fused-ring (bicyclic) bond motifs is 1. The lowest BCUT2D eigenvalue weighted by Crippen LogP contribution is -2.22. The molecule has 0 saturated heterocycles. The molecule has 4 nitrogen and oxygen atoms in total. The average Bonchev–Trinajstić information content (AvgIpc) is 3.24. The van der Waals surface area contributed by atoms with Crippen LogP contribution in [0.2, 0.25) is 0 Å². The van der Waals surface area contributed by atoms with Crippen molar-refractivity contribution in [3.8, 4) is 11.1 Å². The highest BCUT2D eigenvalue weighted by atomic mass is 16.2. The van der Waals surface area contributed by atoms with Crippen molar-refractivity contribution in [2.45, 2.75) is 19.8 Å². The van der Waals surface area contributed by atoms with E-state index in [-0.39, 0.29) is 5.91 Å². The van der Waals surface area contributed by atoms with E-state index in [2.05, 4.69) is 59.7 Å². The first kappa shape index (κ1) is 20.7. The van der Waals surface area contributed by atoms with Crippen LogP contribution in [0.1, 0.15) is 28.2 Å². The van der Waals surface area contributed by atoms with E-state index in [0.29, 0.717) is 5.82 Å². The highest BCUT2D eigenvalue weighted by Gasteiger charge is 2.24. The van der Waals surface area contributed by atoms with Crippen LogP contribution in [0.15, 0.2) is 97.1 Å². The van der Waals surface area contributed by atoms with Gasteiger partial charge in [0.05, 0.1) is 11.4 Å². The molecule has 2 N–H and O–H groups in total. The summed E-state index contributed by atoms with van der Waals surface area (Å²) >= 11 is 0. The number of H-pyrrole nitrogens is 1. The largest absolute Gasteiger partial charge is 0.308 e. The quantitative estimate of drug-likeness (QED) is 0.329. The number of nitrogens with zero attached hydrogens (tertiary/aromatic N) is 1. The number of carbonyl (C=O) groups excluding carboxylic acids is 1. The number of rotatable bonds is 5. The van der Waals surface area contributed by atoms with E-state index in [1.165, 1.54) is 16.7 Å². The van der Waals surface area contributed by atoms with Gasteiger partial charge in [0.15, 0.2) is 5.82 Å². The molecule has 33 heavy (non-hydrogen) atoms. The number of aromatic nitrogens is 2. The molecule has 4 aromatic carbocycles. The highest BCUT2D eigenvalue weighted by molar-refractivity contribution is 6.04. The Bertz CT molecular complexity index is 1380. The number of hydrogen-bond acceptors (Lipinski definition) is 2. The molecule has 0 aliphatic rings. The number of amides is 1. The summed E-state index contributed by atoms with van der Waals surface area (Å²) in [5.41, 5.74) is 7.54. The minimum atomic E-state index is -0.423. The second-order valence-corrected chi connectivity index (χ2v) is 8.39. The van der Waals surface area contributed by atoms with Crippen LogP contribution >= 0.6 is 0 Å². The minimum absolute atomic E-state index is 0.112. The standard InChI is InChI=1S/C29H25N3O/c1-19-13-14-20(2)25(17-19)23-15-16-24-26(18-23)31-32-28(24)30-29(33)27(21-9-5-3-6-10-21)22-11-7-4-8-12-22/h3-18,27H,1-2H3,(H2,30,31,32,33). The number of carbonyl (C=O) groups is 1. The third-order valence-corrected chi connectivity index (χ3v) is 6.04. The Morgan fingerprint density at radius 1 is 0.818 bits per heavy atom. The van der Waals surface area contributed by atoms with Crippen molar-refractivity contribution in [3.63, 3.8) is 0 Å². The van der Waals surface area contributed by atoms with Gasteiger partial charge >= 0.3 is 0 Å². The van der Waals surface area contributed by atoms with E-state index in [1.54, 1.807) is 0 Å². The van der Waals surface area contributed by atoms with Crippen LogP contribution in [0, 0.1) is 13.8 Å². The molecule has 1 heterocycles. The number of anilines is 1. The van der Waals surface area contributed by atoms with Crippen LogP contribution in [0.4, 0.5) is 5.82 Å². The summed E-state index contributed by atoms with van der Waals surface area (Å²) in [6.45, 7) is 4.21. The van der Waals surface area contributed by atoms with Gasteiger partial charge in [-0.1, -0.05) is 90.5 Å². The molecule has 0 radical (unpaired) electrons. The van der Waals surface area contributed by atoms with Crippen LogP contribution < -0.4 is 5.32 Å². The molecule has 0 aliphatic heterocycles. The summed E-state index contributed by atoms with van der Waals surface area (Å²) in [6, 6.07) is 32.3. The van der Waals surface area contributed by atoms with Crippen molar-refractivity contribution >= 4 is 22.6 Å². The predicted molar refractivity (Wildman–Crippen MR) is 134 cm³/mol. The molecule has 1 aromatic heterocycles. The van der Waals surface area contributed by atoms with E-state index in [4.69, 9.17) is 0 Å². The number of nitrogens with one attached hydrogen (secondary N) is 2. The molecule has 0 spiro atoms. The molecule has 0 saturated carbocycles. The fourth-order valence-corrected chi connectivity index (χ4v) is 4.30. The third kappa shape index (κ3) is 4.15. The van der Waals surface area contributed by atoms with E-state index in [9.17, 15) is 4.79 Å². The summed E-state index contributed by atoms with van der Waals surface area (Å²) < 4.78 is 0. The molecular formula is C29H25N3O. The molecule has 1 amide bonds. The van der Waals surface area contributed by atoms with E-state index in [0.717, 1.165) is 27.6 Å². The third-order valence-electron chi connectivity index (χ3n) is 6.04. The molecule has 0 atom stereocenters. The normalized spacial score (nSPS) is 11.1. The molecule has 0 aliphatic carbocycles. The van der Waals surface area contributed by atoms with Gasteiger partial charge in [0, 0.05) is 5.39 Å². The van der Waals surface area contributed by atoms with Crippen LogP contribution in [0.3, 0.4) is 0 Å². The van der Waals surface area contributed by atoms with Gasteiger partial charge in [0.1, 0.15) is 0 Å². The average molecular weight is 432 g/mol. The first-order chi connectivity index (χ1) is 16.1. The zero-order valence-corrected chi connectivity index (χ0v) is 18.7. The maximum atomic E-state index is 13.5. The summed E-state index contributed by atoms with van der Waals surface area (Å²) in [5.74, 6) is 0.00662. The van der Waals surface area contributed by atoms with Crippen LogP contribution in [-0.4, -0.2) is 16.1 Å². The van der Waals surface area contributed by atoms with E-state index in [1.807, 2.05) is 66.7 Å². The Hall–Kier alpha value is -4.18. The predicted octanol–water partition coefficient (Wildman–Crippen LogP) is 6.62. The summed E-state index contributed by atoms with van der Waals surface area (Å²) in [4.78, 5) is 13.5. The maximum Gasteiger partial charge on any atom is 0.237 e. The second-order valence-electron chi connectivity index (χ2n) is 8.39. The number of aromatic amines is 1. The van der Waals surface area contributed by atoms with Crippen molar-refractivity contribution < 1.29 is 4.79 Å². The Labute approximate surface area is 193 Å². The van der Waals surface area contributed by atoms with Gasteiger partial charge in [-0.25, -0.2) is 0 Å². The van der Waals surface area contributed by atoms with E-state index < -0.39 is 5.92 Å². The van der Waals surface area contributed by atoms with Crippen LogP contribution in [0.25, 0.3) is 22.0 Å². The van der Waals surface area contributed by atoms with Crippen molar-refractivity contribution in [3.05, 3.63) is 119 Å². The second kappa shape index (κ2) is 8.75. The van der Waals surface area contributed by atoms with Crippen LogP contribution in [0.5, 0.6) is 0 Å². The smallest absolute Gasteiger partial charge is 0.237 e. The number of hydrogen-bond donors (Lipinski definition) is 2. The van der Waals surface area contributed by atoms with Gasteiger partial charge in [-0.15, -0.1) is 0 Å². The number of benzene rings is 4. The zero-order chi connectivity index (χ0) is 22.8. The molecule has 0 unspecified atom stereocenters. The first-order valence-corrected chi connectivity index (χ1v) is 11.1. The Balaban J connectivity index is 1.48. The van der Waals surface area contributed by atoms with Gasteiger partial charge in [0.25, 0.3) is 0 Å². The minimum Gasteiger partial charge on any atom is -0.308 e. The Morgan fingerprint density at radius 3 is 2.15 bits per heavy atom. The Morgan fingerprint density at radius 2 is 1.48 bits per heavy atom. The van der Waals surface area contributed by atoms with Gasteiger partial charge in [0.2, 0.25) is 5.91 Å². The highest BCUT2D eigenvalue weighted by Crippen LogP contribution is 2.31. The lowest BCUT2D eigenvalue weighted by atomic mass is 9.90. The van der Waals surface area contributed by atoms with Gasteiger partial charge in [-0.2, -0.15) is 5.10 Å². The fraction of sp³-hybridized carbons (Fsp3) is 0.103. The molecular weight excluding hydrogens is 406 g/mol. The Kier molecular flexibility index (Phi) is 5.49. The van der Waals surface area contributed by atoms with Gasteiger partial charge < -0.3 is 5.32 Å². The molecule has 0 fully saturated rings. The van der Waals surface area contributed by atoms with Crippen molar-refractivity contribution in [1.29, 1.82) is 0 Å². The van der Waals surface area contributed by atoms with Crippen molar-refractivity contribution in [2.75, 3.05) is 5.32 Å².